The van der Waals surface area contributed by atoms with Crippen LogP contribution in [-0.4, -0.2) is 38.5 Å². The van der Waals surface area contributed by atoms with Crippen LogP contribution in [0, 0.1) is 6.92 Å². The highest BCUT2D eigenvalue weighted by atomic mass is 16.5. The van der Waals surface area contributed by atoms with Gasteiger partial charge in [0.2, 0.25) is 0 Å². The van der Waals surface area contributed by atoms with E-state index in [1.54, 1.807) is 13.4 Å². The van der Waals surface area contributed by atoms with Crippen molar-refractivity contribution in [2.24, 2.45) is 0 Å². The Morgan fingerprint density at radius 2 is 2.23 bits per heavy atom. The zero-order valence-electron chi connectivity index (χ0n) is 15.5. The van der Waals surface area contributed by atoms with E-state index in [1.807, 2.05) is 12.1 Å². The SMILES string of the molecule is CCc1nc(CN2Cc3[nH]cnc3C(c3cccc(OC)c3)C2)c(C)[nH]1. The number of aryl methyl sites for hydroxylation is 2. The number of ether oxygens (including phenoxy) is 1. The van der Waals surface area contributed by atoms with Crippen molar-refractivity contribution in [1.82, 2.24) is 24.8 Å². The van der Waals surface area contributed by atoms with Gasteiger partial charge in [-0.2, -0.15) is 0 Å². The van der Waals surface area contributed by atoms with Gasteiger partial charge in [-0.3, -0.25) is 4.90 Å². The Bertz CT molecular complexity index is 897. The zero-order chi connectivity index (χ0) is 18.1. The minimum atomic E-state index is 0.227. The second-order valence-electron chi connectivity index (χ2n) is 6.87. The summed E-state index contributed by atoms with van der Waals surface area (Å²) in [5.74, 6) is 2.17. The van der Waals surface area contributed by atoms with Crippen molar-refractivity contribution in [3.05, 3.63) is 64.8 Å². The van der Waals surface area contributed by atoms with Crippen molar-refractivity contribution in [3.8, 4) is 5.75 Å². The van der Waals surface area contributed by atoms with Crippen LogP contribution in [0.3, 0.4) is 0 Å². The largest absolute Gasteiger partial charge is 0.497 e. The number of aromatic nitrogens is 4. The van der Waals surface area contributed by atoms with Gasteiger partial charge in [-0.15, -0.1) is 0 Å². The number of benzene rings is 1. The number of fused-ring (bicyclic) bond motifs is 1. The monoisotopic (exact) mass is 351 g/mol. The van der Waals surface area contributed by atoms with Gasteiger partial charge >= 0.3 is 0 Å². The highest BCUT2D eigenvalue weighted by Gasteiger charge is 2.29. The van der Waals surface area contributed by atoms with Crippen LogP contribution in [0.1, 0.15) is 47.0 Å². The van der Waals surface area contributed by atoms with Crippen LogP contribution in [0.5, 0.6) is 5.75 Å². The van der Waals surface area contributed by atoms with Gasteiger partial charge in [0, 0.05) is 37.7 Å². The summed E-state index contributed by atoms with van der Waals surface area (Å²) >= 11 is 0. The third kappa shape index (κ3) is 3.12. The molecule has 26 heavy (non-hydrogen) atoms. The molecule has 1 atom stereocenters. The van der Waals surface area contributed by atoms with E-state index in [0.717, 1.165) is 54.7 Å². The molecule has 0 saturated carbocycles. The number of methoxy groups -OCH3 is 1. The van der Waals surface area contributed by atoms with E-state index in [1.165, 1.54) is 11.3 Å². The lowest BCUT2D eigenvalue weighted by Crippen LogP contribution is -2.34. The molecule has 4 rings (SSSR count). The smallest absolute Gasteiger partial charge is 0.119 e. The number of nitrogens with zero attached hydrogens (tertiary/aromatic N) is 3. The lowest BCUT2D eigenvalue weighted by atomic mass is 9.90. The molecule has 6 heteroatoms. The first-order valence-electron chi connectivity index (χ1n) is 9.10. The molecule has 0 fully saturated rings. The molecular weight excluding hydrogens is 326 g/mol. The quantitative estimate of drug-likeness (QED) is 0.741. The second-order valence-corrected chi connectivity index (χ2v) is 6.87. The number of hydrogen-bond acceptors (Lipinski definition) is 4. The number of H-pyrrole nitrogens is 2. The molecule has 0 saturated heterocycles. The van der Waals surface area contributed by atoms with E-state index in [2.05, 4.69) is 45.8 Å². The first-order valence-corrected chi connectivity index (χ1v) is 9.10. The lowest BCUT2D eigenvalue weighted by Gasteiger charge is -2.32. The molecule has 3 heterocycles. The van der Waals surface area contributed by atoms with Gasteiger partial charge in [0.05, 0.1) is 30.5 Å². The molecule has 1 aliphatic heterocycles. The van der Waals surface area contributed by atoms with Gasteiger partial charge < -0.3 is 14.7 Å². The molecule has 0 radical (unpaired) electrons. The van der Waals surface area contributed by atoms with Crippen molar-refractivity contribution in [2.75, 3.05) is 13.7 Å². The average Bonchev–Trinajstić information content (AvgIpc) is 3.27. The fraction of sp³-hybridized carbons (Fsp3) is 0.400. The van der Waals surface area contributed by atoms with Crippen molar-refractivity contribution in [1.29, 1.82) is 0 Å². The Hall–Kier alpha value is -2.60. The van der Waals surface area contributed by atoms with E-state index >= 15 is 0 Å². The van der Waals surface area contributed by atoms with Crippen molar-refractivity contribution in [2.45, 2.75) is 39.3 Å². The third-order valence-electron chi connectivity index (χ3n) is 5.14. The third-order valence-corrected chi connectivity index (χ3v) is 5.14. The van der Waals surface area contributed by atoms with E-state index in [-0.39, 0.29) is 5.92 Å². The van der Waals surface area contributed by atoms with Crippen LogP contribution in [-0.2, 0) is 19.5 Å². The topological polar surface area (TPSA) is 69.8 Å². The Labute approximate surface area is 153 Å². The summed E-state index contributed by atoms with van der Waals surface area (Å²) in [6.07, 6.45) is 2.73. The Balaban J connectivity index is 1.62. The minimum absolute atomic E-state index is 0.227. The molecule has 6 nitrogen and oxygen atoms in total. The minimum Gasteiger partial charge on any atom is -0.497 e. The second kappa shape index (κ2) is 6.96. The summed E-state index contributed by atoms with van der Waals surface area (Å²) < 4.78 is 5.41. The molecule has 2 N–H and O–H groups in total. The molecule has 2 aromatic heterocycles. The first-order chi connectivity index (χ1) is 12.7. The van der Waals surface area contributed by atoms with E-state index in [0.29, 0.717) is 0 Å². The van der Waals surface area contributed by atoms with Gasteiger partial charge in [0.15, 0.2) is 0 Å². The van der Waals surface area contributed by atoms with Gasteiger partial charge in [0.1, 0.15) is 11.6 Å². The summed E-state index contributed by atoms with van der Waals surface area (Å²) in [4.78, 5) is 18.5. The van der Waals surface area contributed by atoms with Crippen LogP contribution < -0.4 is 4.74 Å². The predicted octanol–water partition coefficient (Wildman–Crippen LogP) is 3.16. The number of nitrogens with one attached hydrogen (secondary N) is 2. The van der Waals surface area contributed by atoms with Crippen molar-refractivity contribution in [3.63, 3.8) is 0 Å². The van der Waals surface area contributed by atoms with Crippen LogP contribution in [0.15, 0.2) is 30.6 Å². The summed E-state index contributed by atoms with van der Waals surface area (Å²) in [5.41, 5.74) is 5.86. The maximum absolute atomic E-state index is 5.41. The van der Waals surface area contributed by atoms with E-state index in [4.69, 9.17) is 9.72 Å². The standard InChI is InChI=1S/C20H25N5O/c1-4-19-23-13(2)17(24-19)10-25-9-16(20-18(11-25)21-12-22-20)14-6-5-7-15(8-14)26-3/h5-8,12,16H,4,9-11H2,1-3H3,(H,21,22)(H,23,24). The molecule has 0 bridgehead atoms. The Kier molecular flexibility index (Phi) is 4.51. The summed E-state index contributed by atoms with van der Waals surface area (Å²) in [6, 6.07) is 8.30. The number of rotatable bonds is 5. The number of imidazole rings is 2. The maximum Gasteiger partial charge on any atom is 0.119 e. The fourth-order valence-electron chi connectivity index (χ4n) is 3.73. The van der Waals surface area contributed by atoms with Crippen molar-refractivity contribution < 1.29 is 4.74 Å². The number of aromatic amines is 2. The molecule has 1 aliphatic rings. The summed E-state index contributed by atoms with van der Waals surface area (Å²) in [5, 5.41) is 0. The highest BCUT2D eigenvalue weighted by Crippen LogP contribution is 2.33. The van der Waals surface area contributed by atoms with Gasteiger partial charge in [-0.25, -0.2) is 9.97 Å². The molecular formula is C20H25N5O. The molecule has 1 unspecified atom stereocenters. The van der Waals surface area contributed by atoms with Crippen LogP contribution in [0.2, 0.25) is 0 Å². The maximum atomic E-state index is 5.41. The Morgan fingerprint density at radius 3 is 3.00 bits per heavy atom. The molecule has 3 aromatic rings. The molecule has 0 spiro atoms. The Morgan fingerprint density at radius 1 is 1.35 bits per heavy atom. The van der Waals surface area contributed by atoms with Crippen molar-refractivity contribution >= 4 is 0 Å². The molecule has 136 valence electrons. The van der Waals surface area contributed by atoms with E-state index < -0.39 is 0 Å². The first kappa shape index (κ1) is 16.8. The highest BCUT2D eigenvalue weighted by molar-refractivity contribution is 5.38. The van der Waals surface area contributed by atoms with Gasteiger partial charge in [-0.1, -0.05) is 19.1 Å². The van der Waals surface area contributed by atoms with E-state index in [9.17, 15) is 0 Å². The fourth-order valence-corrected chi connectivity index (χ4v) is 3.73. The zero-order valence-corrected chi connectivity index (χ0v) is 15.5. The number of hydrogen-bond donors (Lipinski definition) is 2. The van der Waals surface area contributed by atoms with Crippen LogP contribution in [0.25, 0.3) is 0 Å². The lowest BCUT2D eigenvalue weighted by molar-refractivity contribution is 0.225. The average molecular weight is 351 g/mol. The normalized spacial score (nSPS) is 17.3. The van der Waals surface area contributed by atoms with Gasteiger partial charge in [0.25, 0.3) is 0 Å². The van der Waals surface area contributed by atoms with Crippen LogP contribution in [0.4, 0.5) is 0 Å². The summed E-state index contributed by atoms with van der Waals surface area (Å²) in [6.45, 7) is 6.84. The molecule has 0 aliphatic carbocycles. The predicted molar refractivity (Wildman–Crippen MR) is 100 cm³/mol. The van der Waals surface area contributed by atoms with Gasteiger partial charge in [-0.05, 0) is 24.6 Å². The molecule has 1 aromatic carbocycles. The van der Waals surface area contributed by atoms with Crippen LogP contribution >= 0.6 is 0 Å². The summed E-state index contributed by atoms with van der Waals surface area (Å²) in [7, 11) is 1.71. The molecule has 0 amide bonds.